The maximum absolute atomic E-state index is 13.2. The van der Waals surface area contributed by atoms with Gasteiger partial charge in [-0.05, 0) is 19.9 Å². The molecule has 0 aliphatic rings. The van der Waals surface area contributed by atoms with E-state index in [0.717, 1.165) is 0 Å². The smallest absolute Gasteiger partial charge is 0.129 e. The van der Waals surface area contributed by atoms with E-state index in [9.17, 15) is 4.39 Å². The molecule has 3 heteroatoms. The second-order valence-corrected chi connectivity index (χ2v) is 2.56. The number of rotatable bonds is 2. The summed E-state index contributed by atoms with van der Waals surface area (Å²) >= 11 is 0. The van der Waals surface area contributed by atoms with Gasteiger partial charge in [-0.3, -0.25) is 0 Å². The van der Waals surface area contributed by atoms with Gasteiger partial charge in [-0.15, -0.1) is 0 Å². The van der Waals surface area contributed by atoms with Gasteiger partial charge in [-0.25, -0.2) is 14.4 Å². The van der Waals surface area contributed by atoms with Crippen molar-refractivity contribution in [3.8, 4) is 0 Å². The fourth-order valence-corrected chi connectivity index (χ4v) is 0.983. The van der Waals surface area contributed by atoms with Gasteiger partial charge < -0.3 is 0 Å². The lowest BCUT2D eigenvalue weighted by molar-refractivity contribution is 0.754. The van der Waals surface area contributed by atoms with Crippen LogP contribution in [0.5, 0.6) is 0 Å². The Morgan fingerprint density at radius 1 is 1.62 bits per heavy atom. The Morgan fingerprint density at radius 3 is 2.85 bits per heavy atom. The van der Waals surface area contributed by atoms with Gasteiger partial charge in [0, 0.05) is 6.20 Å². The first-order valence-electron chi connectivity index (χ1n) is 3.97. The van der Waals surface area contributed by atoms with Crippen LogP contribution in [0, 0.1) is 6.92 Å². The molecule has 0 unspecified atom stereocenters. The molecule has 1 rings (SSSR count). The van der Waals surface area contributed by atoms with Crippen LogP contribution in [-0.2, 0) is 0 Å². The fraction of sp³-hybridized carbons (Fsp3) is 0.200. The Balaban J connectivity index is 3.29. The third kappa shape index (κ3) is 1.99. The van der Waals surface area contributed by atoms with Crippen molar-refractivity contribution in [3.63, 3.8) is 0 Å². The van der Waals surface area contributed by atoms with Crippen molar-refractivity contribution in [2.45, 2.75) is 13.8 Å². The molecule has 0 saturated carbocycles. The third-order valence-electron chi connectivity index (χ3n) is 1.64. The number of nitrogens with zero attached hydrogens (tertiary/aromatic N) is 2. The van der Waals surface area contributed by atoms with Gasteiger partial charge in [0.05, 0.1) is 11.3 Å². The molecule has 0 N–H and O–H groups in total. The van der Waals surface area contributed by atoms with Crippen molar-refractivity contribution in [3.05, 3.63) is 35.9 Å². The Labute approximate surface area is 76.8 Å². The molecule has 0 aromatic carbocycles. The lowest BCUT2D eigenvalue weighted by atomic mass is 10.2. The fourth-order valence-electron chi connectivity index (χ4n) is 0.983. The van der Waals surface area contributed by atoms with Crippen molar-refractivity contribution in [2.24, 2.45) is 0 Å². The Hall–Kier alpha value is -1.51. The predicted molar refractivity (Wildman–Crippen MR) is 51.6 cm³/mol. The molecule has 0 aliphatic heterocycles. The van der Waals surface area contributed by atoms with Gasteiger partial charge in [-0.1, -0.05) is 12.7 Å². The van der Waals surface area contributed by atoms with Crippen LogP contribution in [0.4, 0.5) is 4.39 Å². The van der Waals surface area contributed by atoms with Crippen LogP contribution in [0.15, 0.2) is 18.9 Å². The van der Waals surface area contributed by atoms with Crippen LogP contribution in [-0.4, -0.2) is 9.97 Å². The second kappa shape index (κ2) is 3.94. The van der Waals surface area contributed by atoms with Crippen LogP contribution in [0.2, 0.25) is 0 Å². The summed E-state index contributed by atoms with van der Waals surface area (Å²) in [7, 11) is 0. The molecule has 0 radical (unpaired) electrons. The van der Waals surface area contributed by atoms with E-state index in [2.05, 4.69) is 16.5 Å². The summed E-state index contributed by atoms with van der Waals surface area (Å²) in [6.07, 6.45) is 4.36. The summed E-state index contributed by atoms with van der Waals surface area (Å²) in [5.41, 5.74) is 0.922. The van der Waals surface area contributed by atoms with Gasteiger partial charge >= 0.3 is 0 Å². The maximum Gasteiger partial charge on any atom is 0.129 e. The highest BCUT2D eigenvalue weighted by atomic mass is 19.1. The Morgan fingerprint density at radius 2 is 2.31 bits per heavy atom. The number of aromatic nitrogens is 2. The van der Waals surface area contributed by atoms with E-state index >= 15 is 0 Å². The average Bonchev–Trinajstić information content (AvgIpc) is 2.16. The zero-order chi connectivity index (χ0) is 9.84. The third-order valence-corrected chi connectivity index (χ3v) is 1.64. The molecule has 0 bridgehead atoms. The summed E-state index contributed by atoms with van der Waals surface area (Å²) in [5, 5.41) is 0. The van der Waals surface area contributed by atoms with E-state index < -0.39 is 0 Å². The minimum absolute atomic E-state index is 0.324. The number of halogens is 1. The van der Waals surface area contributed by atoms with Gasteiger partial charge in [0.2, 0.25) is 0 Å². The summed E-state index contributed by atoms with van der Waals surface area (Å²) in [4.78, 5) is 7.97. The molecule has 0 saturated heterocycles. The molecule has 0 spiro atoms. The Bertz CT molecular complexity index is 356. The first-order valence-corrected chi connectivity index (χ1v) is 3.97. The number of hydrogen-bond donors (Lipinski definition) is 0. The Kier molecular flexibility index (Phi) is 2.90. The van der Waals surface area contributed by atoms with Crippen molar-refractivity contribution in [1.29, 1.82) is 0 Å². The average molecular weight is 178 g/mol. The van der Waals surface area contributed by atoms with Gasteiger partial charge in [0.25, 0.3) is 0 Å². The predicted octanol–water partition coefficient (Wildman–Crippen LogP) is 2.76. The summed E-state index contributed by atoms with van der Waals surface area (Å²) < 4.78 is 13.2. The van der Waals surface area contributed by atoms with Crippen molar-refractivity contribution < 1.29 is 4.39 Å². The maximum atomic E-state index is 13.2. The van der Waals surface area contributed by atoms with Gasteiger partial charge in [0.1, 0.15) is 11.7 Å². The molecule has 1 aromatic rings. The van der Waals surface area contributed by atoms with Gasteiger partial charge in [0.15, 0.2) is 0 Å². The molecule has 1 heterocycles. The highest BCUT2D eigenvalue weighted by Crippen LogP contribution is 2.18. The monoisotopic (exact) mass is 178 g/mol. The van der Waals surface area contributed by atoms with E-state index in [4.69, 9.17) is 0 Å². The van der Waals surface area contributed by atoms with Crippen molar-refractivity contribution in [2.75, 3.05) is 0 Å². The van der Waals surface area contributed by atoms with Crippen LogP contribution in [0.25, 0.3) is 11.9 Å². The number of allylic oxidation sites excluding steroid dienone is 1. The SMILES string of the molecule is C=Cc1nc(C)ncc1/C(F)=C\C. The summed E-state index contributed by atoms with van der Waals surface area (Å²) in [5.74, 6) is 0.289. The van der Waals surface area contributed by atoms with Crippen LogP contribution in [0.1, 0.15) is 24.0 Å². The van der Waals surface area contributed by atoms with Crippen LogP contribution in [0.3, 0.4) is 0 Å². The molecular formula is C10H11FN2. The molecule has 2 nitrogen and oxygen atoms in total. The van der Waals surface area contributed by atoms with E-state index in [1.165, 1.54) is 18.3 Å². The standard InChI is InChI=1S/C10H11FN2/c1-4-9(11)8-6-12-7(3)13-10(8)5-2/h4-6H,2H2,1,3H3/b9-4+. The van der Waals surface area contributed by atoms with Crippen LogP contribution < -0.4 is 0 Å². The topological polar surface area (TPSA) is 25.8 Å². The minimum Gasteiger partial charge on any atom is -0.241 e. The van der Waals surface area contributed by atoms with E-state index in [1.807, 2.05) is 0 Å². The number of aryl methyl sites for hydroxylation is 1. The first kappa shape index (κ1) is 9.58. The number of hydrogen-bond acceptors (Lipinski definition) is 2. The van der Waals surface area contributed by atoms with Crippen molar-refractivity contribution in [1.82, 2.24) is 9.97 Å². The van der Waals surface area contributed by atoms with Gasteiger partial charge in [-0.2, -0.15) is 0 Å². The summed E-state index contributed by atoms with van der Waals surface area (Å²) in [6, 6.07) is 0. The summed E-state index contributed by atoms with van der Waals surface area (Å²) in [6.45, 7) is 6.95. The zero-order valence-electron chi connectivity index (χ0n) is 7.71. The first-order chi connectivity index (χ1) is 6.19. The molecular weight excluding hydrogens is 167 g/mol. The molecule has 68 valence electrons. The molecule has 0 amide bonds. The molecule has 0 aliphatic carbocycles. The minimum atomic E-state index is -0.324. The molecule has 13 heavy (non-hydrogen) atoms. The highest BCUT2D eigenvalue weighted by molar-refractivity contribution is 5.66. The lowest BCUT2D eigenvalue weighted by Crippen LogP contribution is -1.95. The molecule has 1 aromatic heterocycles. The molecule has 0 atom stereocenters. The highest BCUT2D eigenvalue weighted by Gasteiger charge is 2.06. The van der Waals surface area contributed by atoms with E-state index in [0.29, 0.717) is 17.1 Å². The van der Waals surface area contributed by atoms with Crippen LogP contribution >= 0.6 is 0 Å². The molecule has 0 fully saturated rings. The largest absolute Gasteiger partial charge is 0.241 e. The zero-order valence-corrected chi connectivity index (χ0v) is 7.71. The van der Waals surface area contributed by atoms with Crippen molar-refractivity contribution >= 4 is 11.9 Å². The quantitative estimate of drug-likeness (QED) is 0.695. The normalized spacial score (nSPS) is 11.5. The van der Waals surface area contributed by atoms with E-state index in [-0.39, 0.29) is 5.83 Å². The second-order valence-electron chi connectivity index (χ2n) is 2.56. The van der Waals surface area contributed by atoms with E-state index in [1.54, 1.807) is 13.8 Å². The lowest BCUT2D eigenvalue weighted by Gasteiger charge is -2.02.